The van der Waals surface area contributed by atoms with Gasteiger partial charge in [0, 0.05) is 19.4 Å². The lowest BCUT2D eigenvalue weighted by Gasteiger charge is -2.19. The predicted octanol–water partition coefficient (Wildman–Crippen LogP) is 11.0. The molecule has 0 aromatic rings. The second-order valence-corrected chi connectivity index (χ2v) is 14.6. The number of carbonyl (C=O) groups is 2. The topological polar surface area (TPSA) is 134 Å². The fraction of sp³-hybridized carbons (Fsp3) is 0.800. The Morgan fingerprint density at radius 2 is 1.06 bits per heavy atom. The number of carbonyl (C=O) groups excluding carboxylic acids is 2. The number of unbranched alkanes of at least 4 members (excludes halogenated alkanes) is 18. The SMILES string of the molecule is CCCCC/C=C/CCCCCCCC(=O)O[C@@H](COC(=O)CCC/C=C/C/C=C/CCCCCCCCCCC)COP(=O)(O)OCCN. The van der Waals surface area contributed by atoms with Gasteiger partial charge in [-0.2, -0.15) is 0 Å². The first-order valence-corrected chi connectivity index (χ1v) is 21.5. The van der Waals surface area contributed by atoms with Gasteiger partial charge in [-0.3, -0.25) is 18.6 Å². The number of esters is 2. The van der Waals surface area contributed by atoms with E-state index in [1.807, 2.05) is 0 Å². The Morgan fingerprint density at radius 1 is 0.600 bits per heavy atom. The number of ether oxygens (including phenoxy) is 2. The quantitative estimate of drug-likeness (QED) is 0.0277. The van der Waals surface area contributed by atoms with Gasteiger partial charge in [-0.05, 0) is 64.2 Å². The molecule has 0 aromatic carbocycles. The average Bonchev–Trinajstić information content (AvgIpc) is 3.10. The number of hydrogen-bond acceptors (Lipinski definition) is 8. The Bertz CT molecular complexity index is 923. The molecule has 10 heteroatoms. The van der Waals surface area contributed by atoms with Crippen molar-refractivity contribution in [1.82, 2.24) is 0 Å². The number of rotatable bonds is 37. The van der Waals surface area contributed by atoms with Gasteiger partial charge < -0.3 is 20.1 Å². The largest absolute Gasteiger partial charge is 0.472 e. The maximum atomic E-state index is 12.5. The zero-order chi connectivity index (χ0) is 36.8. The van der Waals surface area contributed by atoms with Crippen molar-refractivity contribution in [3.8, 4) is 0 Å². The maximum Gasteiger partial charge on any atom is 0.472 e. The first-order chi connectivity index (χ1) is 24.3. The maximum absolute atomic E-state index is 12.5. The van der Waals surface area contributed by atoms with Gasteiger partial charge in [0.25, 0.3) is 0 Å². The van der Waals surface area contributed by atoms with Crippen LogP contribution in [0.25, 0.3) is 0 Å². The van der Waals surface area contributed by atoms with Crippen LogP contribution in [-0.2, 0) is 32.7 Å². The van der Waals surface area contributed by atoms with Crippen LogP contribution in [0.3, 0.4) is 0 Å². The smallest absolute Gasteiger partial charge is 0.462 e. The molecule has 50 heavy (non-hydrogen) atoms. The highest BCUT2D eigenvalue weighted by molar-refractivity contribution is 7.47. The van der Waals surface area contributed by atoms with Gasteiger partial charge in [0.2, 0.25) is 0 Å². The van der Waals surface area contributed by atoms with Crippen LogP contribution >= 0.6 is 7.82 Å². The second kappa shape index (κ2) is 37.0. The van der Waals surface area contributed by atoms with Crippen molar-refractivity contribution < 1.29 is 37.6 Å². The zero-order valence-corrected chi connectivity index (χ0v) is 32.8. The molecule has 0 amide bonds. The highest BCUT2D eigenvalue weighted by Gasteiger charge is 2.25. The third-order valence-electron chi connectivity index (χ3n) is 8.25. The summed E-state index contributed by atoms with van der Waals surface area (Å²) in [6.07, 6.45) is 39.0. The Balaban J connectivity index is 4.26. The molecule has 0 aliphatic carbocycles. The van der Waals surface area contributed by atoms with E-state index in [1.165, 1.54) is 77.0 Å². The summed E-state index contributed by atoms with van der Waals surface area (Å²) in [7, 11) is -4.38. The molecule has 0 saturated carbocycles. The summed E-state index contributed by atoms with van der Waals surface area (Å²) in [6, 6.07) is 0. The van der Waals surface area contributed by atoms with E-state index in [4.69, 9.17) is 24.3 Å². The van der Waals surface area contributed by atoms with Gasteiger partial charge in [-0.1, -0.05) is 134 Å². The van der Waals surface area contributed by atoms with Crippen LogP contribution in [0.2, 0.25) is 0 Å². The number of nitrogens with two attached hydrogens (primary N) is 1. The molecular weight excluding hydrogens is 653 g/mol. The molecule has 0 aliphatic rings. The summed E-state index contributed by atoms with van der Waals surface area (Å²) in [5.41, 5.74) is 5.33. The fourth-order valence-electron chi connectivity index (χ4n) is 5.26. The zero-order valence-electron chi connectivity index (χ0n) is 31.9. The van der Waals surface area contributed by atoms with Gasteiger partial charge in [0.15, 0.2) is 6.10 Å². The van der Waals surface area contributed by atoms with Crippen LogP contribution in [0.15, 0.2) is 36.5 Å². The number of hydrogen-bond donors (Lipinski definition) is 2. The first kappa shape index (κ1) is 48.2. The van der Waals surface area contributed by atoms with Crippen molar-refractivity contribution in [1.29, 1.82) is 0 Å². The van der Waals surface area contributed by atoms with E-state index in [0.717, 1.165) is 57.8 Å². The van der Waals surface area contributed by atoms with E-state index in [0.29, 0.717) is 12.8 Å². The molecule has 0 spiro atoms. The fourth-order valence-corrected chi connectivity index (χ4v) is 6.02. The molecular formula is C40H74NO8P. The van der Waals surface area contributed by atoms with Gasteiger partial charge in [-0.15, -0.1) is 0 Å². The first-order valence-electron chi connectivity index (χ1n) is 20.0. The average molecular weight is 728 g/mol. The van der Waals surface area contributed by atoms with Crippen molar-refractivity contribution >= 4 is 19.8 Å². The molecule has 2 atom stereocenters. The minimum absolute atomic E-state index is 0.0466. The molecule has 292 valence electrons. The van der Waals surface area contributed by atoms with Gasteiger partial charge in [0.05, 0.1) is 13.2 Å². The number of phosphoric ester groups is 1. The van der Waals surface area contributed by atoms with Crippen molar-refractivity contribution in [2.45, 2.75) is 180 Å². The molecule has 1 unspecified atom stereocenters. The molecule has 3 N–H and O–H groups in total. The summed E-state index contributed by atoms with van der Waals surface area (Å²) in [4.78, 5) is 34.7. The molecule has 9 nitrogen and oxygen atoms in total. The van der Waals surface area contributed by atoms with Crippen LogP contribution in [0.5, 0.6) is 0 Å². The van der Waals surface area contributed by atoms with Crippen LogP contribution in [0.1, 0.15) is 174 Å². The highest BCUT2D eigenvalue weighted by atomic mass is 31.2. The summed E-state index contributed by atoms with van der Waals surface area (Å²) in [5.74, 6) is -0.893. The van der Waals surface area contributed by atoms with Crippen molar-refractivity contribution in [3.63, 3.8) is 0 Å². The molecule has 0 radical (unpaired) electrons. The van der Waals surface area contributed by atoms with Gasteiger partial charge in [-0.25, -0.2) is 4.57 Å². The van der Waals surface area contributed by atoms with Crippen molar-refractivity contribution in [3.05, 3.63) is 36.5 Å². The molecule has 0 bridgehead atoms. The molecule has 0 fully saturated rings. The third kappa shape index (κ3) is 36.0. The lowest BCUT2D eigenvalue weighted by atomic mass is 10.1. The van der Waals surface area contributed by atoms with Crippen molar-refractivity contribution in [2.24, 2.45) is 5.73 Å². The van der Waals surface area contributed by atoms with E-state index < -0.39 is 32.5 Å². The predicted molar refractivity (Wildman–Crippen MR) is 206 cm³/mol. The highest BCUT2D eigenvalue weighted by Crippen LogP contribution is 2.43. The molecule has 0 aromatic heterocycles. The molecule has 0 aliphatic heterocycles. The van der Waals surface area contributed by atoms with Crippen LogP contribution in [-0.4, -0.2) is 49.3 Å². The Hall–Kier alpha value is -1.77. The second-order valence-electron chi connectivity index (χ2n) is 13.1. The molecule has 0 heterocycles. The summed E-state index contributed by atoms with van der Waals surface area (Å²) >= 11 is 0. The summed E-state index contributed by atoms with van der Waals surface area (Å²) in [5, 5.41) is 0. The minimum atomic E-state index is -4.38. The van der Waals surface area contributed by atoms with E-state index >= 15 is 0 Å². The number of allylic oxidation sites excluding steroid dienone is 6. The molecule has 0 saturated heterocycles. The van der Waals surface area contributed by atoms with Crippen LogP contribution in [0.4, 0.5) is 0 Å². The van der Waals surface area contributed by atoms with Gasteiger partial charge in [0.1, 0.15) is 6.61 Å². The Morgan fingerprint density at radius 3 is 1.64 bits per heavy atom. The third-order valence-corrected chi connectivity index (χ3v) is 9.23. The van der Waals surface area contributed by atoms with E-state index in [2.05, 4.69) is 50.3 Å². The lowest BCUT2D eigenvalue weighted by Crippen LogP contribution is -2.29. The van der Waals surface area contributed by atoms with Crippen molar-refractivity contribution in [2.75, 3.05) is 26.4 Å². The van der Waals surface area contributed by atoms with Gasteiger partial charge >= 0.3 is 19.8 Å². The Kier molecular flexibility index (Phi) is 35.7. The normalized spacial score (nSPS) is 13.8. The Labute approximate surface area is 305 Å². The minimum Gasteiger partial charge on any atom is -0.462 e. The van der Waals surface area contributed by atoms with Crippen LogP contribution < -0.4 is 5.73 Å². The summed E-state index contributed by atoms with van der Waals surface area (Å²) < 4.78 is 32.6. The number of phosphoric acid groups is 1. The van der Waals surface area contributed by atoms with Crippen LogP contribution in [0, 0.1) is 0 Å². The monoisotopic (exact) mass is 728 g/mol. The standard InChI is InChI=1S/C40H74NO8P/c1-3-5-7-9-11-13-15-17-18-19-20-21-23-24-26-28-30-32-39(42)46-36-38(37-48-50(44,45)47-35-34-41)49-40(43)33-31-29-27-25-22-16-14-12-10-8-6-4-2/h12,14,20-21,24,26,38H,3-11,13,15-19,22-23,25,27-37,41H2,1-2H3,(H,44,45)/b14-12+,21-20+,26-24+/t38-/m0/s1. The van der Waals surface area contributed by atoms with E-state index in [1.54, 1.807) is 0 Å². The summed E-state index contributed by atoms with van der Waals surface area (Å²) in [6.45, 7) is 3.64. The lowest BCUT2D eigenvalue weighted by molar-refractivity contribution is -0.161. The van der Waals surface area contributed by atoms with E-state index in [-0.39, 0.29) is 32.6 Å². The molecule has 0 rings (SSSR count). The van der Waals surface area contributed by atoms with E-state index in [9.17, 15) is 19.0 Å².